The number of hydrogen-bond donors (Lipinski definition) is 2. The van der Waals surface area contributed by atoms with Gasteiger partial charge in [-0.05, 0) is 13.3 Å². The van der Waals surface area contributed by atoms with E-state index in [0.717, 1.165) is 0 Å². The zero-order valence-corrected chi connectivity index (χ0v) is 8.41. The van der Waals surface area contributed by atoms with Crippen LogP contribution in [0.4, 0.5) is 5.95 Å². The highest BCUT2D eigenvalue weighted by Crippen LogP contribution is 2.02. The first-order valence-corrected chi connectivity index (χ1v) is 4.54. The highest BCUT2D eigenvalue weighted by Gasteiger charge is 2.06. The van der Waals surface area contributed by atoms with Gasteiger partial charge in [-0.15, -0.1) is 0 Å². The number of anilines is 1. The second-order valence-electron chi connectivity index (χ2n) is 3.07. The van der Waals surface area contributed by atoms with Gasteiger partial charge in [-0.25, -0.2) is 4.98 Å². The van der Waals surface area contributed by atoms with Gasteiger partial charge in [0.25, 0.3) is 0 Å². The van der Waals surface area contributed by atoms with Gasteiger partial charge < -0.3 is 9.72 Å². The number of carbonyl (C=O) groups excluding carboxylic acids is 1. The standard InChI is InChI=1S/C9H15N3O2/c1-7(14-2)3-4-8(13)12-9-10-5-6-11-9/h5-7H,3-4H2,1-2H3,(H2,10,11,12,13). The summed E-state index contributed by atoms with van der Waals surface area (Å²) in [5, 5.41) is 2.64. The molecule has 1 rings (SSSR count). The number of nitrogens with one attached hydrogen (secondary N) is 2. The molecular weight excluding hydrogens is 182 g/mol. The van der Waals surface area contributed by atoms with E-state index in [9.17, 15) is 4.79 Å². The minimum Gasteiger partial charge on any atom is -0.382 e. The molecule has 0 aromatic carbocycles. The van der Waals surface area contributed by atoms with Gasteiger partial charge in [0.1, 0.15) is 0 Å². The zero-order valence-electron chi connectivity index (χ0n) is 8.41. The third-order valence-corrected chi connectivity index (χ3v) is 1.94. The topological polar surface area (TPSA) is 67.0 Å². The monoisotopic (exact) mass is 197 g/mol. The second-order valence-corrected chi connectivity index (χ2v) is 3.07. The summed E-state index contributed by atoms with van der Waals surface area (Å²) in [7, 11) is 1.63. The van der Waals surface area contributed by atoms with Crippen LogP contribution >= 0.6 is 0 Å². The maximum Gasteiger partial charge on any atom is 0.226 e. The predicted molar refractivity (Wildman–Crippen MR) is 52.9 cm³/mol. The molecule has 1 aromatic heterocycles. The molecule has 5 heteroatoms. The lowest BCUT2D eigenvalue weighted by Crippen LogP contribution is -2.15. The molecule has 5 nitrogen and oxygen atoms in total. The molecule has 0 aliphatic carbocycles. The van der Waals surface area contributed by atoms with Gasteiger partial charge in [-0.1, -0.05) is 0 Å². The van der Waals surface area contributed by atoms with Crippen molar-refractivity contribution in [3.63, 3.8) is 0 Å². The van der Waals surface area contributed by atoms with Gasteiger partial charge in [-0.3, -0.25) is 10.1 Å². The number of amides is 1. The second kappa shape index (κ2) is 5.39. The Bertz CT molecular complexity index is 272. The fraction of sp³-hybridized carbons (Fsp3) is 0.556. The molecule has 0 fully saturated rings. The van der Waals surface area contributed by atoms with E-state index in [-0.39, 0.29) is 12.0 Å². The van der Waals surface area contributed by atoms with E-state index in [0.29, 0.717) is 18.8 Å². The van der Waals surface area contributed by atoms with Crippen molar-refractivity contribution in [3.8, 4) is 0 Å². The van der Waals surface area contributed by atoms with Gasteiger partial charge in [0.2, 0.25) is 11.9 Å². The first kappa shape index (κ1) is 10.7. The summed E-state index contributed by atoms with van der Waals surface area (Å²) in [6.07, 6.45) is 4.51. The Balaban J connectivity index is 2.23. The van der Waals surface area contributed by atoms with Crippen molar-refractivity contribution in [1.82, 2.24) is 9.97 Å². The van der Waals surface area contributed by atoms with Crippen molar-refractivity contribution in [1.29, 1.82) is 0 Å². The van der Waals surface area contributed by atoms with Gasteiger partial charge in [0.05, 0.1) is 6.10 Å². The lowest BCUT2D eigenvalue weighted by Gasteiger charge is -2.07. The van der Waals surface area contributed by atoms with Crippen LogP contribution in [0, 0.1) is 0 Å². The van der Waals surface area contributed by atoms with Crippen molar-refractivity contribution < 1.29 is 9.53 Å². The molecule has 0 aliphatic heterocycles. The summed E-state index contributed by atoms with van der Waals surface area (Å²) in [6, 6.07) is 0. The van der Waals surface area contributed by atoms with E-state index < -0.39 is 0 Å². The largest absolute Gasteiger partial charge is 0.382 e. The van der Waals surface area contributed by atoms with Crippen molar-refractivity contribution in [2.45, 2.75) is 25.9 Å². The average Bonchev–Trinajstić information content (AvgIpc) is 2.66. The van der Waals surface area contributed by atoms with E-state index in [1.54, 1.807) is 19.5 Å². The quantitative estimate of drug-likeness (QED) is 0.744. The van der Waals surface area contributed by atoms with Crippen molar-refractivity contribution >= 4 is 11.9 Å². The van der Waals surface area contributed by atoms with E-state index in [1.807, 2.05) is 6.92 Å². The average molecular weight is 197 g/mol. The highest BCUT2D eigenvalue weighted by atomic mass is 16.5. The highest BCUT2D eigenvalue weighted by molar-refractivity contribution is 5.88. The Morgan fingerprint density at radius 2 is 2.57 bits per heavy atom. The minimum atomic E-state index is -0.0520. The molecule has 1 unspecified atom stereocenters. The molecule has 2 N–H and O–H groups in total. The van der Waals surface area contributed by atoms with Crippen molar-refractivity contribution in [2.75, 3.05) is 12.4 Å². The first-order valence-electron chi connectivity index (χ1n) is 4.54. The molecule has 1 atom stereocenters. The lowest BCUT2D eigenvalue weighted by molar-refractivity contribution is -0.116. The zero-order chi connectivity index (χ0) is 10.4. The van der Waals surface area contributed by atoms with Crippen LogP contribution in [-0.4, -0.2) is 29.1 Å². The van der Waals surface area contributed by atoms with Gasteiger partial charge in [-0.2, -0.15) is 0 Å². The van der Waals surface area contributed by atoms with Gasteiger partial charge >= 0.3 is 0 Å². The summed E-state index contributed by atoms with van der Waals surface area (Å²) in [5.41, 5.74) is 0. The van der Waals surface area contributed by atoms with Gasteiger partial charge in [0, 0.05) is 25.9 Å². The number of aromatic nitrogens is 2. The summed E-state index contributed by atoms with van der Waals surface area (Å²) in [6.45, 7) is 1.93. The number of rotatable bonds is 5. The van der Waals surface area contributed by atoms with Crippen LogP contribution in [0.1, 0.15) is 19.8 Å². The normalized spacial score (nSPS) is 12.4. The number of aromatic amines is 1. The Morgan fingerprint density at radius 1 is 1.79 bits per heavy atom. The van der Waals surface area contributed by atoms with Crippen LogP contribution in [0.5, 0.6) is 0 Å². The third kappa shape index (κ3) is 3.57. The molecule has 14 heavy (non-hydrogen) atoms. The lowest BCUT2D eigenvalue weighted by atomic mass is 10.2. The van der Waals surface area contributed by atoms with Crippen molar-refractivity contribution in [3.05, 3.63) is 12.4 Å². The minimum absolute atomic E-state index is 0.0520. The molecular formula is C9H15N3O2. The number of carbonyl (C=O) groups is 1. The smallest absolute Gasteiger partial charge is 0.226 e. The Kier molecular flexibility index (Phi) is 4.12. The number of H-pyrrole nitrogens is 1. The molecule has 0 saturated heterocycles. The maximum absolute atomic E-state index is 11.3. The molecule has 1 amide bonds. The van der Waals surface area contributed by atoms with Crippen LogP contribution in [-0.2, 0) is 9.53 Å². The van der Waals surface area contributed by atoms with Crippen LogP contribution in [0.2, 0.25) is 0 Å². The molecule has 0 aliphatic rings. The fourth-order valence-corrected chi connectivity index (χ4v) is 0.980. The number of nitrogens with zero attached hydrogens (tertiary/aromatic N) is 1. The van der Waals surface area contributed by atoms with E-state index in [2.05, 4.69) is 15.3 Å². The number of imidazole rings is 1. The Hall–Kier alpha value is -1.36. The van der Waals surface area contributed by atoms with Gasteiger partial charge in [0.15, 0.2) is 0 Å². The van der Waals surface area contributed by atoms with Crippen LogP contribution in [0.15, 0.2) is 12.4 Å². The molecule has 0 bridgehead atoms. The molecule has 1 heterocycles. The van der Waals surface area contributed by atoms with Crippen LogP contribution in [0.3, 0.4) is 0 Å². The van der Waals surface area contributed by atoms with Crippen molar-refractivity contribution in [2.24, 2.45) is 0 Å². The molecule has 0 saturated carbocycles. The predicted octanol–water partition coefficient (Wildman–Crippen LogP) is 1.16. The fourth-order valence-electron chi connectivity index (χ4n) is 0.980. The molecule has 0 spiro atoms. The summed E-state index contributed by atoms with van der Waals surface area (Å²) < 4.78 is 5.03. The maximum atomic E-state index is 11.3. The van der Waals surface area contributed by atoms with E-state index in [4.69, 9.17) is 4.74 Å². The van der Waals surface area contributed by atoms with E-state index in [1.165, 1.54) is 0 Å². The third-order valence-electron chi connectivity index (χ3n) is 1.94. The number of hydrogen-bond acceptors (Lipinski definition) is 3. The molecule has 0 radical (unpaired) electrons. The SMILES string of the molecule is COC(C)CCC(=O)Nc1ncc[nH]1. The first-order chi connectivity index (χ1) is 6.72. The van der Waals surface area contributed by atoms with Crippen LogP contribution in [0.25, 0.3) is 0 Å². The number of ether oxygens (including phenoxy) is 1. The summed E-state index contributed by atoms with van der Waals surface area (Å²) >= 11 is 0. The summed E-state index contributed by atoms with van der Waals surface area (Å²) in [5.74, 6) is 0.434. The van der Waals surface area contributed by atoms with E-state index >= 15 is 0 Å². The molecule has 78 valence electrons. The summed E-state index contributed by atoms with van der Waals surface area (Å²) in [4.78, 5) is 18.0. The number of methoxy groups -OCH3 is 1. The Labute approximate surface area is 82.9 Å². The van der Waals surface area contributed by atoms with Crippen LogP contribution < -0.4 is 5.32 Å². The Morgan fingerprint density at radius 3 is 3.14 bits per heavy atom. The molecule has 1 aromatic rings.